The zero-order valence-corrected chi connectivity index (χ0v) is 21.3. The third-order valence-electron chi connectivity index (χ3n) is 7.22. The number of ether oxygens (including phenoxy) is 1. The summed E-state index contributed by atoms with van der Waals surface area (Å²) in [4.78, 5) is 2.61. The predicted octanol–water partition coefficient (Wildman–Crippen LogP) is 8.48. The lowest BCUT2D eigenvalue weighted by atomic mass is 9.88. The fourth-order valence-electron chi connectivity index (χ4n) is 5.14. The Balaban J connectivity index is 1.38. The monoisotopic (exact) mass is 484 g/mol. The number of methoxy groups -OCH3 is 1. The number of nitrogens with zero attached hydrogens (tertiary/aromatic N) is 1. The summed E-state index contributed by atoms with van der Waals surface area (Å²) in [6.45, 7) is 3.53. The van der Waals surface area contributed by atoms with E-state index < -0.39 is 12.6 Å². The fraction of sp³-hybridized carbons (Fsp3) is 0.786. The molecule has 0 unspecified atom stereocenters. The summed E-state index contributed by atoms with van der Waals surface area (Å²) >= 11 is 0. The molecule has 1 heterocycles. The number of halogens is 3. The SMILES string of the molecule is COc1ccc(N)cc1C1CCN(CCCCCCCCCCCCCCCC(F)(F)F)CC1. The predicted molar refractivity (Wildman–Crippen MR) is 137 cm³/mol. The third-order valence-corrected chi connectivity index (χ3v) is 7.22. The van der Waals surface area contributed by atoms with Crippen LogP contribution in [0, 0.1) is 0 Å². The summed E-state index contributed by atoms with van der Waals surface area (Å²) in [6, 6.07) is 5.99. The maximum absolute atomic E-state index is 12.1. The minimum Gasteiger partial charge on any atom is -0.496 e. The topological polar surface area (TPSA) is 38.5 Å². The van der Waals surface area contributed by atoms with Crippen LogP contribution in [0.4, 0.5) is 18.9 Å². The van der Waals surface area contributed by atoms with Crippen LogP contribution in [0.2, 0.25) is 0 Å². The molecule has 1 aromatic carbocycles. The van der Waals surface area contributed by atoms with Crippen LogP contribution in [0.5, 0.6) is 5.75 Å². The summed E-state index contributed by atoms with van der Waals surface area (Å²) in [5, 5.41) is 0. The van der Waals surface area contributed by atoms with Gasteiger partial charge >= 0.3 is 6.18 Å². The molecule has 0 saturated carbocycles. The highest BCUT2D eigenvalue weighted by molar-refractivity contribution is 5.49. The van der Waals surface area contributed by atoms with Crippen molar-refractivity contribution in [1.82, 2.24) is 4.90 Å². The molecular formula is C28H47F3N2O. The number of nitrogen functional groups attached to an aromatic ring is 1. The van der Waals surface area contributed by atoms with E-state index in [0.717, 1.165) is 37.4 Å². The molecule has 0 atom stereocenters. The van der Waals surface area contributed by atoms with Crippen LogP contribution in [0.15, 0.2) is 18.2 Å². The van der Waals surface area contributed by atoms with Gasteiger partial charge in [0.15, 0.2) is 0 Å². The van der Waals surface area contributed by atoms with Crippen molar-refractivity contribution in [2.24, 2.45) is 0 Å². The first kappa shape index (κ1) is 28.8. The number of anilines is 1. The van der Waals surface area contributed by atoms with Gasteiger partial charge in [0.05, 0.1) is 7.11 Å². The minimum atomic E-state index is -3.98. The smallest absolute Gasteiger partial charge is 0.389 e. The highest BCUT2D eigenvalue weighted by atomic mass is 19.4. The fourth-order valence-corrected chi connectivity index (χ4v) is 5.14. The molecule has 0 aromatic heterocycles. The van der Waals surface area contributed by atoms with Gasteiger partial charge < -0.3 is 15.4 Å². The number of likely N-dealkylation sites (tertiary alicyclic amines) is 1. The van der Waals surface area contributed by atoms with Gasteiger partial charge in [-0.25, -0.2) is 0 Å². The van der Waals surface area contributed by atoms with Crippen molar-refractivity contribution in [3.05, 3.63) is 23.8 Å². The maximum atomic E-state index is 12.1. The summed E-state index contributed by atoms with van der Waals surface area (Å²) in [5.41, 5.74) is 8.08. The molecule has 34 heavy (non-hydrogen) atoms. The Morgan fingerprint density at radius 1 is 0.824 bits per heavy atom. The highest BCUT2D eigenvalue weighted by Gasteiger charge is 2.25. The second kappa shape index (κ2) is 16.3. The number of hydrogen-bond donors (Lipinski definition) is 1. The van der Waals surface area contributed by atoms with Crippen LogP contribution in [-0.2, 0) is 0 Å². The van der Waals surface area contributed by atoms with E-state index in [9.17, 15) is 13.2 Å². The molecule has 196 valence electrons. The van der Waals surface area contributed by atoms with Crippen molar-refractivity contribution in [3.63, 3.8) is 0 Å². The van der Waals surface area contributed by atoms with Gasteiger partial charge in [-0.05, 0) is 75.0 Å². The molecule has 0 amide bonds. The zero-order chi connectivity index (χ0) is 24.7. The van der Waals surface area contributed by atoms with E-state index in [1.54, 1.807) is 7.11 Å². The number of unbranched alkanes of at least 4 members (excludes halogenated alkanes) is 12. The molecule has 1 aromatic rings. The quantitative estimate of drug-likeness (QED) is 0.178. The Kier molecular flexibility index (Phi) is 13.8. The van der Waals surface area contributed by atoms with Crippen molar-refractivity contribution in [1.29, 1.82) is 0 Å². The van der Waals surface area contributed by atoms with Crippen LogP contribution in [0.25, 0.3) is 0 Å². The van der Waals surface area contributed by atoms with Crippen molar-refractivity contribution >= 4 is 5.69 Å². The molecular weight excluding hydrogens is 437 g/mol. The van der Waals surface area contributed by atoms with Gasteiger partial charge in [-0.3, -0.25) is 0 Å². The Morgan fingerprint density at radius 3 is 1.82 bits per heavy atom. The molecule has 1 aliphatic rings. The zero-order valence-electron chi connectivity index (χ0n) is 21.3. The number of nitrogens with two attached hydrogens (primary N) is 1. The first-order valence-electron chi connectivity index (χ1n) is 13.6. The molecule has 0 radical (unpaired) electrons. The lowest BCUT2D eigenvalue weighted by molar-refractivity contribution is -0.135. The summed E-state index contributed by atoms with van der Waals surface area (Å²) in [6.07, 6.45) is 12.4. The Bertz CT molecular complexity index is 658. The van der Waals surface area contributed by atoms with Gasteiger partial charge in [0.2, 0.25) is 0 Å². The van der Waals surface area contributed by atoms with Crippen LogP contribution < -0.4 is 10.5 Å². The van der Waals surface area contributed by atoms with E-state index in [2.05, 4.69) is 11.0 Å². The highest BCUT2D eigenvalue weighted by Crippen LogP contribution is 2.35. The third kappa shape index (κ3) is 12.3. The number of piperidine rings is 1. The minimum absolute atomic E-state index is 0.292. The lowest BCUT2D eigenvalue weighted by Gasteiger charge is -2.32. The van der Waals surface area contributed by atoms with Crippen molar-refractivity contribution in [2.75, 3.05) is 32.5 Å². The van der Waals surface area contributed by atoms with Gasteiger partial charge in [0, 0.05) is 12.1 Å². The van der Waals surface area contributed by atoms with Crippen molar-refractivity contribution < 1.29 is 17.9 Å². The lowest BCUT2D eigenvalue weighted by Crippen LogP contribution is -2.33. The average Bonchev–Trinajstić information content (AvgIpc) is 2.81. The number of benzene rings is 1. The van der Waals surface area contributed by atoms with E-state index in [0.29, 0.717) is 18.8 Å². The molecule has 0 spiro atoms. The standard InChI is InChI=1S/C28H47F3N2O/c1-34-27-16-15-25(32)23-26(27)24-17-21-33(22-18-24)20-14-12-10-8-6-4-2-3-5-7-9-11-13-19-28(29,30)31/h15-16,23-24H,2-14,17-22,32H2,1H3. The summed E-state index contributed by atoms with van der Waals surface area (Å²) < 4.78 is 41.8. The molecule has 2 N–H and O–H groups in total. The Morgan fingerprint density at radius 2 is 1.32 bits per heavy atom. The van der Waals surface area contributed by atoms with Crippen LogP contribution >= 0.6 is 0 Å². The van der Waals surface area contributed by atoms with Gasteiger partial charge in [0.1, 0.15) is 5.75 Å². The second-order valence-electron chi connectivity index (χ2n) is 10.1. The Hall–Kier alpha value is -1.43. The average molecular weight is 485 g/mol. The van der Waals surface area contributed by atoms with Crippen molar-refractivity contribution in [2.45, 2.75) is 115 Å². The second-order valence-corrected chi connectivity index (χ2v) is 10.1. The molecule has 1 fully saturated rings. The molecule has 1 saturated heterocycles. The summed E-state index contributed by atoms with van der Waals surface area (Å²) in [5.74, 6) is 1.51. The van der Waals surface area contributed by atoms with E-state index in [1.807, 2.05) is 12.1 Å². The first-order valence-corrected chi connectivity index (χ1v) is 13.6. The molecule has 0 bridgehead atoms. The molecule has 1 aliphatic heterocycles. The number of hydrogen-bond acceptors (Lipinski definition) is 3. The van der Waals surface area contributed by atoms with E-state index >= 15 is 0 Å². The largest absolute Gasteiger partial charge is 0.496 e. The summed E-state index contributed by atoms with van der Waals surface area (Å²) in [7, 11) is 1.74. The van der Waals surface area contributed by atoms with Crippen LogP contribution in [0.3, 0.4) is 0 Å². The normalized spacial score (nSPS) is 15.6. The van der Waals surface area contributed by atoms with E-state index in [1.165, 1.54) is 82.7 Å². The number of rotatable bonds is 17. The molecule has 3 nitrogen and oxygen atoms in total. The molecule has 6 heteroatoms. The van der Waals surface area contributed by atoms with Crippen molar-refractivity contribution in [3.8, 4) is 5.75 Å². The number of alkyl halides is 3. The van der Waals surface area contributed by atoms with E-state index in [-0.39, 0.29) is 0 Å². The van der Waals surface area contributed by atoms with E-state index in [4.69, 9.17) is 10.5 Å². The Labute approximate surface area is 205 Å². The first-order chi connectivity index (χ1) is 16.4. The van der Waals surface area contributed by atoms with Crippen LogP contribution in [-0.4, -0.2) is 37.8 Å². The molecule has 0 aliphatic carbocycles. The van der Waals surface area contributed by atoms with Gasteiger partial charge in [-0.2, -0.15) is 13.2 Å². The van der Waals surface area contributed by atoms with Gasteiger partial charge in [-0.1, -0.05) is 70.6 Å². The van der Waals surface area contributed by atoms with Gasteiger partial charge in [0.25, 0.3) is 0 Å². The molecule has 2 rings (SSSR count). The maximum Gasteiger partial charge on any atom is 0.389 e. The van der Waals surface area contributed by atoms with Crippen LogP contribution in [0.1, 0.15) is 114 Å². The van der Waals surface area contributed by atoms with Gasteiger partial charge in [-0.15, -0.1) is 0 Å².